The van der Waals surface area contributed by atoms with E-state index in [1.807, 2.05) is 0 Å². The van der Waals surface area contributed by atoms with Crippen molar-refractivity contribution in [3.05, 3.63) is 35.4 Å². The van der Waals surface area contributed by atoms with Crippen LogP contribution in [0, 0.1) is 0 Å². The van der Waals surface area contributed by atoms with E-state index in [0.717, 1.165) is 13.0 Å². The topological polar surface area (TPSA) is 29.3 Å². The normalized spacial score (nSPS) is 25.0. The van der Waals surface area contributed by atoms with Crippen LogP contribution in [0.4, 0.5) is 0 Å². The summed E-state index contributed by atoms with van der Waals surface area (Å²) in [5, 5.41) is 0. The molecule has 0 heterocycles. The first-order valence-electron chi connectivity index (χ1n) is 6.78. The van der Waals surface area contributed by atoms with E-state index in [4.69, 9.17) is 5.73 Å². The molecular formula is C15H24N2. The van der Waals surface area contributed by atoms with Gasteiger partial charge in [0.2, 0.25) is 0 Å². The molecule has 1 aromatic rings. The molecule has 2 nitrogen and oxygen atoms in total. The summed E-state index contributed by atoms with van der Waals surface area (Å²) in [6.07, 6.45) is 2.29. The second kappa shape index (κ2) is 5.19. The standard InChI is InChI=1S/C15H24N2/c1-4-11(3)17(5-2)14-10-12-8-6-7-9-13(12)15(14)16/h6-9,11,14-15H,4-5,10,16H2,1-3H3. The Morgan fingerprint density at radius 2 is 2.06 bits per heavy atom. The van der Waals surface area contributed by atoms with Gasteiger partial charge in [-0.1, -0.05) is 38.1 Å². The van der Waals surface area contributed by atoms with Crippen LogP contribution in [0.25, 0.3) is 0 Å². The molecule has 0 aliphatic heterocycles. The van der Waals surface area contributed by atoms with Gasteiger partial charge in [0, 0.05) is 18.1 Å². The van der Waals surface area contributed by atoms with E-state index < -0.39 is 0 Å². The first-order valence-corrected chi connectivity index (χ1v) is 6.78. The molecule has 1 aliphatic rings. The van der Waals surface area contributed by atoms with Crippen LogP contribution in [0.15, 0.2) is 24.3 Å². The molecule has 1 aromatic carbocycles. The highest BCUT2D eigenvalue weighted by molar-refractivity contribution is 5.36. The van der Waals surface area contributed by atoms with Gasteiger partial charge in [0.15, 0.2) is 0 Å². The van der Waals surface area contributed by atoms with Crippen molar-refractivity contribution in [2.24, 2.45) is 5.73 Å². The largest absolute Gasteiger partial charge is 0.323 e. The highest BCUT2D eigenvalue weighted by Crippen LogP contribution is 2.33. The molecule has 2 rings (SSSR count). The van der Waals surface area contributed by atoms with Crippen LogP contribution in [0.5, 0.6) is 0 Å². The van der Waals surface area contributed by atoms with E-state index >= 15 is 0 Å². The Balaban J connectivity index is 2.21. The van der Waals surface area contributed by atoms with E-state index in [1.165, 1.54) is 17.5 Å². The molecule has 0 spiro atoms. The van der Waals surface area contributed by atoms with Crippen molar-refractivity contribution in [3.63, 3.8) is 0 Å². The lowest BCUT2D eigenvalue weighted by atomic mass is 10.0. The molecule has 94 valence electrons. The summed E-state index contributed by atoms with van der Waals surface area (Å²) >= 11 is 0. The van der Waals surface area contributed by atoms with Crippen LogP contribution < -0.4 is 5.73 Å². The van der Waals surface area contributed by atoms with Crippen LogP contribution in [0.3, 0.4) is 0 Å². The lowest BCUT2D eigenvalue weighted by Gasteiger charge is -2.35. The van der Waals surface area contributed by atoms with Gasteiger partial charge < -0.3 is 5.73 Å². The number of fused-ring (bicyclic) bond motifs is 1. The molecule has 3 unspecified atom stereocenters. The summed E-state index contributed by atoms with van der Waals surface area (Å²) in [5.74, 6) is 0. The highest BCUT2D eigenvalue weighted by Gasteiger charge is 2.34. The fourth-order valence-corrected chi connectivity index (χ4v) is 3.04. The van der Waals surface area contributed by atoms with Crippen LogP contribution in [-0.4, -0.2) is 23.5 Å². The third kappa shape index (κ3) is 2.24. The molecule has 0 saturated carbocycles. The third-order valence-corrected chi connectivity index (χ3v) is 4.21. The smallest absolute Gasteiger partial charge is 0.0459 e. The molecule has 0 bridgehead atoms. The van der Waals surface area contributed by atoms with Gasteiger partial charge >= 0.3 is 0 Å². The van der Waals surface area contributed by atoms with E-state index in [9.17, 15) is 0 Å². The molecular weight excluding hydrogens is 208 g/mol. The maximum Gasteiger partial charge on any atom is 0.0459 e. The molecule has 1 aliphatic carbocycles. The molecule has 2 N–H and O–H groups in total. The number of nitrogens with zero attached hydrogens (tertiary/aromatic N) is 1. The molecule has 0 aromatic heterocycles. The Morgan fingerprint density at radius 3 is 2.65 bits per heavy atom. The van der Waals surface area contributed by atoms with E-state index in [2.05, 4.69) is 49.9 Å². The van der Waals surface area contributed by atoms with Crippen LogP contribution >= 0.6 is 0 Å². The lowest BCUT2D eigenvalue weighted by molar-refractivity contribution is 0.135. The molecule has 17 heavy (non-hydrogen) atoms. The van der Waals surface area contributed by atoms with Crippen molar-refractivity contribution >= 4 is 0 Å². The molecule has 2 heteroatoms. The van der Waals surface area contributed by atoms with Gasteiger partial charge in [-0.05, 0) is 37.4 Å². The van der Waals surface area contributed by atoms with Crippen molar-refractivity contribution in [2.45, 2.75) is 51.7 Å². The lowest BCUT2D eigenvalue weighted by Crippen LogP contribution is -2.45. The zero-order chi connectivity index (χ0) is 12.4. The Kier molecular flexibility index (Phi) is 3.85. The maximum atomic E-state index is 6.42. The fraction of sp³-hybridized carbons (Fsp3) is 0.600. The second-order valence-corrected chi connectivity index (χ2v) is 5.08. The first kappa shape index (κ1) is 12.6. The highest BCUT2D eigenvalue weighted by atomic mass is 15.2. The summed E-state index contributed by atoms with van der Waals surface area (Å²) in [6, 6.07) is 9.90. The average molecular weight is 232 g/mol. The number of likely N-dealkylation sites (N-methyl/N-ethyl adjacent to an activating group) is 1. The SMILES string of the molecule is CCC(C)N(CC)C1Cc2ccccc2C1N. The monoisotopic (exact) mass is 232 g/mol. The summed E-state index contributed by atoms with van der Waals surface area (Å²) in [4.78, 5) is 2.56. The van der Waals surface area contributed by atoms with E-state index in [1.54, 1.807) is 0 Å². The van der Waals surface area contributed by atoms with Gasteiger partial charge in [0.1, 0.15) is 0 Å². The molecule has 0 saturated heterocycles. The van der Waals surface area contributed by atoms with Gasteiger partial charge in [-0.25, -0.2) is 0 Å². The van der Waals surface area contributed by atoms with Gasteiger partial charge in [0.05, 0.1) is 0 Å². The Labute approximate surface area is 105 Å². The molecule has 0 amide bonds. The van der Waals surface area contributed by atoms with Crippen LogP contribution in [-0.2, 0) is 6.42 Å². The number of hydrogen-bond donors (Lipinski definition) is 1. The zero-order valence-electron chi connectivity index (χ0n) is 11.2. The average Bonchev–Trinajstić information content (AvgIpc) is 2.68. The quantitative estimate of drug-likeness (QED) is 0.865. The van der Waals surface area contributed by atoms with Crippen molar-refractivity contribution in [2.75, 3.05) is 6.54 Å². The van der Waals surface area contributed by atoms with Crippen molar-refractivity contribution in [1.82, 2.24) is 4.90 Å². The Hall–Kier alpha value is -0.860. The molecule has 3 atom stereocenters. The number of hydrogen-bond acceptors (Lipinski definition) is 2. The summed E-state index contributed by atoms with van der Waals surface area (Å²) < 4.78 is 0. The number of nitrogens with two attached hydrogens (primary N) is 1. The minimum atomic E-state index is 0.181. The Morgan fingerprint density at radius 1 is 1.35 bits per heavy atom. The van der Waals surface area contributed by atoms with Crippen LogP contribution in [0.2, 0.25) is 0 Å². The second-order valence-electron chi connectivity index (χ2n) is 5.08. The summed E-state index contributed by atoms with van der Waals surface area (Å²) in [7, 11) is 0. The zero-order valence-corrected chi connectivity index (χ0v) is 11.2. The van der Waals surface area contributed by atoms with Gasteiger partial charge in [-0.2, -0.15) is 0 Å². The predicted molar refractivity (Wildman–Crippen MR) is 73.0 cm³/mol. The van der Waals surface area contributed by atoms with Crippen molar-refractivity contribution < 1.29 is 0 Å². The molecule has 0 fully saturated rings. The van der Waals surface area contributed by atoms with Crippen molar-refractivity contribution in [3.8, 4) is 0 Å². The number of rotatable bonds is 4. The predicted octanol–water partition coefficient (Wildman–Crippen LogP) is 2.73. The fourth-order valence-electron chi connectivity index (χ4n) is 3.04. The van der Waals surface area contributed by atoms with Crippen LogP contribution in [0.1, 0.15) is 44.4 Å². The first-order chi connectivity index (χ1) is 8.19. The minimum absolute atomic E-state index is 0.181. The van der Waals surface area contributed by atoms with Gasteiger partial charge in [0.25, 0.3) is 0 Å². The number of benzene rings is 1. The van der Waals surface area contributed by atoms with Gasteiger partial charge in [-0.15, -0.1) is 0 Å². The van der Waals surface area contributed by atoms with E-state index in [0.29, 0.717) is 12.1 Å². The third-order valence-electron chi connectivity index (χ3n) is 4.21. The van der Waals surface area contributed by atoms with E-state index in [-0.39, 0.29) is 6.04 Å². The van der Waals surface area contributed by atoms with Gasteiger partial charge in [-0.3, -0.25) is 4.90 Å². The summed E-state index contributed by atoms with van der Waals surface area (Å²) in [5.41, 5.74) is 9.20. The maximum absolute atomic E-state index is 6.42. The van der Waals surface area contributed by atoms with Crippen molar-refractivity contribution in [1.29, 1.82) is 0 Å². The molecule has 0 radical (unpaired) electrons. The Bertz CT molecular complexity index is 375. The minimum Gasteiger partial charge on any atom is -0.323 e. The summed E-state index contributed by atoms with van der Waals surface area (Å²) in [6.45, 7) is 7.88.